The standard InChI is InChI=1S/C28H33BrN2O5/c1-5-15-35-22-11-9-18(16-23(22)34-8-4)25-24-26(32)20-17-19(29)10-12-21(20)36-27(24)28(33)31(25)14-13-30(6-2)7-3/h9-12,16-17,25H,5-8,13-15H2,1-4H3. The highest BCUT2D eigenvalue weighted by molar-refractivity contribution is 9.10. The Labute approximate surface area is 220 Å². The summed E-state index contributed by atoms with van der Waals surface area (Å²) < 4.78 is 18.6. The van der Waals surface area contributed by atoms with Crippen LogP contribution < -0.4 is 14.9 Å². The summed E-state index contributed by atoms with van der Waals surface area (Å²) in [6.07, 6.45) is 0.876. The molecule has 7 nitrogen and oxygen atoms in total. The second-order valence-corrected chi connectivity index (χ2v) is 9.65. The fraction of sp³-hybridized carbons (Fsp3) is 0.429. The predicted molar refractivity (Wildman–Crippen MR) is 144 cm³/mol. The van der Waals surface area contributed by atoms with Gasteiger partial charge in [-0.3, -0.25) is 9.59 Å². The molecule has 0 radical (unpaired) electrons. The fourth-order valence-corrected chi connectivity index (χ4v) is 5.01. The lowest BCUT2D eigenvalue weighted by Gasteiger charge is -2.28. The predicted octanol–water partition coefficient (Wildman–Crippen LogP) is 5.63. The van der Waals surface area contributed by atoms with Gasteiger partial charge in [-0.1, -0.05) is 42.8 Å². The molecule has 1 amide bonds. The van der Waals surface area contributed by atoms with Crippen LogP contribution in [-0.2, 0) is 0 Å². The minimum atomic E-state index is -0.581. The number of benzene rings is 2. The second-order valence-electron chi connectivity index (χ2n) is 8.73. The number of fused-ring (bicyclic) bond motifs is 2. The molecule has 0 fully saturated rings. The molecule has 2 aromatic carbocycles. The number of hydrogen-bond donors (Lipinski definition) is 0. The van der Waals surface area contributed by atoms with E-state index in [0.717, 1.165) is 29.5 Å². The number of likely N-dealkylation sites (N-methyl/N-ethyl adjacent to an activating group) is 1. The first kappa shape index (κ1) is 26.2. The zero-order valence-electron chi connectivity index (χ0n) is 21.3. The largest absolute Gasteiger partial charge is 0.490 e. The summed E-state index contributed by atoms with van der Waals surface area (Å²) >= 11 is 3.45. The van der Waals surface area contributed by atoms with E-state index in [-0.39, 0.29) is 17.1 Å². The van der Waals surface area contributed by atoms with Gasteiger partial charge in [-0.15, -0.1) is 0 Å². The summed E-state index contributed by atoms with van der Waals surface area (Å²) in [5.74, 6) is 1.09. The van der Waals surface area contributed by atoms with Gasteiger partial charge in [-0.2, -0.15) is 0 Å². The van der Waals surface area contributed by atoms with E-state index in [1.54, 1.807) is 23.1 Å². The smallest absolute Gasteiger partial charge is 0.290 e. The Hall–Kier alpha value is -2.84. The van der Waals surface area contributed by atoms with Crippen molar-refractivity contribution in [3.05, 3.63) is 68.0 Å². The quantitative estimate of drug-likeness (QED) is 0.304. The topological polar surface area (TPSA) is 72.2 Å². The van der Waals surface area contributed by atoms with Crippen LogP contribution in [0.15, 0.2) is 50.1 Å². The summed E-state index contributed by atoms with van der Waals surface area (Å²) in [6, 6.07) is 10.3. The molecule has 1 atom stereocenters. The van der Waals surface area contributed by atoms with Gasteiger partial charge in [-0.05, 0) is 62.3 Å². The Morgan fingerprint density at radius 1 is 1.00 bits per heavy atom. The van der Waals surface area contributed by atoms with Crippen molar-refractivity contribution in [3.8, 4) is 11.5 Å². The van der Waals surface area contributed by atoms with E-state index in [9.17, 15) is 9.59 Å². The number of halogens is 1. The van der Waals surface area contributed by atoms with Crippen molar-refractivity contribution in [1.29, 1.82) is 0 Å². The molecule has 2 heterocycles. The fourth-order valence-electron chi connectivity index (χ4n) is 4.65. The molecule has 0 bridgehead atoms. The molecule has 1 unspecified atom stereocenters. The lowest BCUT2D eigenvalue weighted by Crippen LogP contribution is -2.37. The van der Waals surface area contributed by atoms with Gasteiger partial charge in [0.1, 0.15) is 5.58 Å². The third-order valence-electron chi connectivity index (χ3n) is 6.52. The number of ether oxygens (including phenoxy) is 2. The SMILES string of the molecule is CCCOc1ccc(C2c3c(oc4ccc(Br)cc4c3=O)C(=O)N2CCN(CC)CC)cc1OCC. The third-order valence-corrected chi connectivity index (χ3v) is 7.02. The zero-order chi connectivity index (χ0) is 25.8. The van der Waals surface area contributed by atoms with Gasteiger partial charge in [0, 0.05) is 17.6 Å². The van der Waals surface area contributed by atoms with Crippen molar-refractivity contribution >= 4 is 32.8 Å². The van der Waals surface area contributed by atoms with Crippen molar-refractivity contribution in [2.75, 3.05) is 39.4 Å². The normalized spacial score (nSPS) is 15.1. The van der Waals surface area contributed by atoms with Gasteiger partial charge in [0.15, 0.2) is 16.9 Å². The molecule has 192 valence electrons. The van der Waals surface area contributed by atoms with Crippen molar-refractivity contribution < 1.29 is 18.7 Å². The van der Waals surface area contributed by atoms with Crippen LogP contribution in [0.5, 0.6) is 11.5 Å². The monoisotopic (exact) mass is 556 g/mol. The van der Waals surface area contributed by atoms with Gasteiger partial charge >= 0.3 is 0 Å². The van der Waals surface area contributed by atoms with Crippen LogP contribution in [0.3, 0.4) is 0 Å². The Kier molecular flexibility index (Phi) is 8.36. The Morgan fingerprint density at radius 3 is 2.47 bits per heavy atom. The van der Waals surface area contributed by atoms with E-state index in [1.165, 1.54) is 0 Å². The summed E-state index contributed by atoms with van der Waals surface area (Å²) in [4.78, 5) is 31.5. The minimum absolute atomic E-state index is 0.114. The highest BCUT2D eigenvalue weighted by Gasteiger charge is 2.43. The molecule has 1 aliphatic heterocycles. The van der Waals surface area contributed by atoms with E-state index in [2.05, 4.69) is 34.7 Å². The van der Waals surface area contributed by atoms with Crippen molar-refractivity contribution in [2.45, 2.75) is 40.2 Å². The van der Waals surface area contributed by atoms with Crippen LogP contribution in [0, 0.1) is 0 Å². The number of nitrogens with zero attached hydrogens (tertiary/aromatic N) is 2. The molecule has 3 aromatic rings. The molecule has 36 heavy (non-hydrogen) atoms. The van der Waals surface area contributed by atoms with Crippen molar-refractivity contribution in [1.82, 2.24) is 9.80 Å². The first-order valence-corrected chi connectivity index (χ1v) is 13.4. The highest BCUT2D eigenvalue weighted by Crippen LogP contribution is 2.41. The summed E-state index contributed by atoms with van der Waals surface area (Å²) in [5.41, 5.74) is 1.36. The maximum absolute atomic E-state index is 13.8. The number of rotatable bonds is 11. The Balaban J connectivity index is 1.87. The molecule has 0 N–H and O–H groups in total. The molecule has 1 aromatic heterocycles. The number of amides is 1. The van der Waals surface area contributed by atoms with E-state index >= 15 is 0 Å². The first-order valence-electron chi connectivity index (χ1n) is 12.6. The van der Waals surface area contributed by atoms with Crippen LogP contribution in [-0.4, -0.2) is 55.1 Å². The van der Waals surface area contributed by atoms with Crippen molar-refractivity contribution in [3.63, 3.8) is 0 Å². The highest BCUT2D eigenvalue weighted by atomic mass is 79.9. The van der Waals surface area contributed by atoms with Crippen LogP contribution in [0.4, 0.5) is 0 Å². The van der Waals surface area contributed by atoms with Gasteiger partial charge in [0.2, 0.25) is 5.76 Å². The molecule has 0 aliphatic carbocycles. The van der Waals surface area contributed by atoms with E-state index in [0.29, 0.717) is 54.3 Å². The molecule has 1 aliphatic rings. The van der Waals surface area contributed by atoms with E-state index in [1.807, 2.05) is 32.0 Å². The van der Waals surface area contributed by atoms with Crippen molar-refractivity contribution in [2.24, 2.45) is 0 Å². The molecule has 8 heteroatoms. The van der Waals surface area contributed by atoms with Gasteiger partial charge in [0.25, 0.3) is 5.91 Å². The maximum Gasteiger partial charge on any atom is 0.290 e. The van der Waals surface area contributed by atoms with Crippen LogP contribution >= 0.6 is 15.9 Å². The number of hydrogen-bond acceptors (Lipinski definition) is 6. The van der Waals surface area contributed by atoms with Crippen LogP contribution in [0.1, 0.15) is 61.8 Å². The van der Waals surface area contributed by atoms with Gasteiger partial charge < -0.3 is 23.7 Å². The zero-order valence-corrected chi connectivity index (χ0v) is 22.9. The average molecular weight is 557 g/mol. The lowest BCUT2D eigenvalue weighted by atomic mass is 9.98. The summed E-state index contributed by atoms with van der Waals surface area (Å²) in [6.45, 7) is 12.1. The number of carbonyl (C=O) groups is 1. The van der Waals surface area contributed by atoms with Gasteiger partial charge in [0.05, 0.1) is 30.2 Å². The molecular formula is C28H33BrN2O5. The maximum atomic E-state index is 13.8. The summed E-state index contributed by atoms with van der Waals surface area (Å²) in [7, 11) is 0. The molecule has 0 spiro atoms. The lowest BCUT2D eigenvalue weighted by molar-refractivity contribution is 0.0708. The van der Waals surface area contributed by atoms with Crippen LogP contribution in [0.2, 0.25) is 0 Å². The van der Waals surface area contributed by atoms with Gasteiger partial charge in [-0.25, -0.2) is 0 Å². The first-order chi connectivity index (χ1) is 17.4. The number of carbonyl (C=O) groups excluding carboxylic acids is 1. The molecular weight excluding hydrogens is 524 g/mol. The second kappa shape index (κ2) is 11.5. The van der Waals surface area contributed by atoms with E-state index in [4.69, 9.17) is 13.9 Å². The molecule has 4 rings (SSSR count). The molecule has 0 saturated carbocycles. The Bertz CT molecular complexity index is 1300. The summed E-state index contributed by atoms with van der Waals surface area (Å²) in [5, 5.41) is 0.444. The molecule has 0 saturated heterocycles. The average Bonchev–Trinajstić information content (AvgIpc) is 3.16. The van der Waals surface area contributed by atoms with E-state index < -0.39 is 6.04 Å². The Morgan fingerprint density at radius 2 is 1.78 bits per heavy atom. The minimum Gasteiger partial charge on any atom is -0.490 e. The van der Waals surface area contributed by atoms with Crippen LogP contribution in [0.25, 0.3) is 11.0 Å². The third kappa shape index (κ3) is 5.02.